The van der Waals surface area contributed by atoms with Gasteiger partial charge >= 0.3 is 6.18 Å². The number of rotatable bonds is 2. The van der Waals surface area contributed by atoms with Crippen molar-refractivity contribution in [3.05, 3.63) is 0 Å². The van der Waals surface area contributed by atoms with Crippen LogP contribution in [0.4, 0.5) is 13.2 Å². The molecule has 0 aromatic carbocycles. The predicted octanol–water partition coefficient (Wildman–Crippen LogP) is 4.91. The van der Waals surface area contributed by atoms with E-state index in [1.807, 2.05) is 0 Å². The van der Waals surface area contributed by atoms with Crippen molar-refractivity contribution < 1.29 is 13.2 Å². The Bertz CT molecular complexity index is 399. The molecule has 3 aliphatic carbocycles. The average molecular weight is 303 g/mol. The molecule has 0 aromatic heterocycles. The molecule has 0 heterocycles. The minimum absolute atomic E-state index is 0.126. The van der Waals surface area contributed by atoms with Crippen LogP contribution in [-0.4, -0.2) is 18.3 Å². The van der Waals surface area contributed by atoms with Crippen LogP contribution in [0.3, 0.4) is 0 Å². The van der Waals surface area contributed by atoms with Gasteiger partial charge in [0.05, 0.1) is 5.92 Å². The third-order valence-electron chi connectivity index (χ3n) is 6.84. The third kappa shape index (κ3) is 2.51. The van der Waals surface area contributed by atoms with Crippen LogP contribution in [0, 0.1) is 22.7 Å². The number of fused-ring (bicyclic) bond motifs is 2. The van der Waals surface area contributed by atoms with E-state index in [1.54, 1.807) is 0 Å². The van der Waals surface area contributed by atoms with Crippen molar-refractivity contribution in [3.63, 3.8) is 0 Å². The van der Waals surface area contributed by atoms with Crippen LogP contribution < -0.4 is 5.32 Å². The SMILES string of the molecule is CC12CCC(C1)C(C)(C)C2NC1CCCCC1C(F)(F)F. The van der Waals surface area contributed by atoms with E-state index < -0.39 is 12.1 Å². The van der Waals surface area contributed by atoms with E-state index >= 15 is 0 Å². The lowest BCUT2D eigenvalue weighted by atomic mass is 9.67. The molecular weight excluding hydrogens is 275 g/mol. The van der Waals surface area contributed by atoms with Crippen LogP contribution in [0.2, 0.25) is 0 Å². The molecule has 0 amide bonds. The smallest absolute Gasteiger partial charge is 0.310 e. The lowest BCUT2D eigenvalue weighted by Gasteiger charge is -2.47. The fourth-order valence-electron chi connectivity index (χ4n) is 5.65. The summed E-state index contributed by atoms with van der Waals surface area (Å²) < 4.78 is 39.9. The van der Waals surface area contributed by atoms with Gasteiger partial charge in [-0.15, -0.1) is 0 Å². The van der Waals surface area contributed by atoms with Crippen molar-refractivity contribution in [1.29, 1.82) is 0 Å². The molecule has 3 saturated carbocycles. The van der Waals surface area contributed by atoms with Crippen molar-refractivity contribution >= 4 is 0 Å². The Balaban J connectivity index is 1.78. The lowest BCUT2D eigenvalue weighted by molar-refractivity contribution is -0.191. The van der Waals surface area contributed by atoms with Gasteiger partial charge in [0, 0.05) is 12.1 Å². The van der Waals surface area contributed by atoms with Gasteiger partial charge < -0.3 is 5.32 Å². The molecular formula is C17H28F3N. The van der Waals surface area contributed by atoms with Gasteiger partial charge in [-0.1, -0.05) is 33.6 Å². The Morgan fingerprint density at radius 1 is 1.00 bits per heavy atom. The molecule has 0 radical (unpaired) electrons. The van der Waals surface area contributed by atoms with Crippen LogP contribution in [0.15, 0.2) is 0 Å². The fourth-order valence-corrected chi connectivity index (χ4v) is 5.65. The van der Waals surface area contributed by atoms with E-state index in [2.05, 4.69) is 26.1 Å². The predicted molar refractivity (Wildman–Crippen MR) is 78.0 cm³/mol. The lowest BCUT2D eigenvalue weighted by Crippen LogP contribution is -2.57. The standard InChI is InChI=1S/C17H28F3N/c1-15(2)11-8-9-16(3,10-11)14(15)21-13-7-5-4-6-12(13)17(18,19)20/h11-14,21H,4-10H2,1-3H3. The quantitative estimate of drug-likeness (QED) is 0.764. The van der Waals surface area contributed by atoms with E-state index in [-0.39, 0.29) is 22.9 Å². The maximum atomic E-state index is 13.3. The summed E-state index contributed by atoms with van der Waals surface area (Å²) in [7, 11) is 0. The van der Waals surface area contributed by atoms with Gasteiger partial charge in [0.15, 0.2) is 0 Å². The van der Waals surface area contributed by atoms with E-state index in [1.165, 1.54) is 19.3 Å². The summed E-state index contributed by atoms with van der Waals surface area (Å²) in [5, 5.41) is 3.52. The number of hydrogen-bond donors (Lipinski definition) is 1. The van der Waals surface area contributed by atoms with Crippen molar-refractivity contribution in [2.24, 2.45) is 22.7 Å². The summed E-state index contributed by atoms with van der Waals surface area (Å²) >= 11 is 0. The van der Waals surface area contributed by atoms with Crippen molar-refractivity contribution in [2.75, 3.05) is 0 Å². The molecule has 3 fully saturated rings. The van der Waals surface area contributed by atoms with Gasteiger partial charge in [-0.3, -0.25) is 0 Å². The minimum Gasteiger partial charge on any atom is -0.310 e. The van der Waals surface area contributed by atoms with Gasteiger partial charge in [0.1, 0.15) is 0 Å². The van der Waals surface area contributed by atoms with Gasteiger partial charge in [0.2, 0.25) is 0 Å². The maximum absolute atomic E-state index is 13.3. The first-order valence-corrected chi connectivity index (χ1v) is 8.47. The highest BCUT2D eigenvalue weighted by molar-refractivity contribution is 5.13. The normalized spacial score (nSPS) is 46.0. The average Bonchev–Trinajstić information content (AvgIpc) is 2.85. The minimum atomic E-state index is -4.05. The first-order chi connectivity index (χ1) is 9.64. The number of nitrogens with one attached hydrogen (secondary N) is 1. The topological polar surface area (TPSA) is 12.0 Å². The van der Waals surface area contributed by atoms with Crippen molar-refractivity contribution in [2.45, 2.75) is 84.0 Å². The largest absolute Gasteiger partial charge is 0.393 e. The van der Waals surface area contributed by atoms with Gasteiger partial charge in [-0.25, -0.2) is 0 Å². The molecule has 122 valence electrons. The molecule has 3 rings (SSSR count). The van der Waals surface area contributed by atoms with Crippen LogP contribution in [-0.2, 0) is 0 Å². The molecule has 5 atom stereocenters. The zero-order valence-corrected chi connectivity index (χ0v) is 13.4. The highest BCUT2D eigenvalue weighted by Crippen LogP contribution is 2.62. The van der Waals surface area contributed by atoms with Gasteiger partial charge in [-0.2, -0.15) is 13.2 Å². The highest BCUT2D eigenvalue weighted by Gasteiger charge is 2.60. The van der Waals surface area contributed by atoms with E-state index in [4.69, 9.17) is 0 Å². The van der Waals surface area contributed by atoms with E-state index in [0.29, 0.717) is 18.8 Å². The number of alkyl halides is 3. The Morgan fingerprint density at radius 2 is 1.67 bits per heavy atom. The molecule has 4 heteroatoms. The molecule has 0 saturated heterocycles. The second-order valence-electron chi connectivity index (χ2n) is 8.55. The monoisotopic (exact) mass is 303 g/mol. The molecule has 0 aliphatic heterocycles. The molecule has 0 aromatic rings. The van der Waals surface area contributed by atoms with E-state index in [9.17, 15) is 13.2 Å². The van der Waals surface area contributed by atoms with Crippen molar-refractivity contribution in [1.82, 2.24) is 5.32 Å². The van der Waals surface area contributed by atoms with Crippen LogP contribution >= 0.6 is 0 Å². The van der Waals surface area contributed by atoms with Gasteiger partial charge in [-0.05, 0) is 48.9 Å². The maximum Gasteiger partial charge on any atom is 0.393 e. The summed E-state index contributed by atoms with van der Waals surface area (Å²) in [6.45, 7) is 6.79. The Morgan fingerprint density at radius 3 is 2.24 bits per heavy atom. The Kier molecular flexibility index (Phi) is 3.63. The molecule has 3 aliphatic rings. The second-order valence-corrected chi connectivity index (χ2v) is 8.55. The molecule has 21 heavy (non-hydrogen) atoms. The summed E-state index contributed by atoms with van der Waals surface area (Å²) in [6, 6.07) is -0.143. The number of halogens is 3. The summed E-state index contributed by atoms with van der Waals surface area (Å²) in [5.74, 6) is -0.474. The molecule has 0 spiro atoms. The third-order valence-corrected chi connectivity index (χ3v) is 6.84. The van der Waals surface area contributed by atoms with Gasteiger partial charge in [0.25, 0.3) is 0 Å². The number of hydrogen-bond acceptors (Lipinski definition) is 1. The van der Waals surface area contributed by atoms with Crippen LogP contribution in [0.1, 0.15) is 65.7 Å². The molecule has 2 bridgehead atoms. The first-order valence-electron chi connectivity index (χ1n) is 8.47. The zero-order valence-electron chi connectivity index (χ0n) is 13.4. The van der Waals surface area contributed by atoms with Crippen molar-refractivity contribution in [3.8, 4) is 0 Å². The molecule has 1 nitrogen and oxygen atoms in total. The summed E-state index contributed by atoms with van der Waals surface area (Å²) in [4.78, 5) is 0. The van der Waals surface area contributed by atoms with E-state index in [0.717, 1.165) is 12.8 Å². The van der Waals surface area contributed by atoms with Crippen LogP contribution in [0.5, 0.6) is 0 Å². The molecule has 5 unspecified atom stereocenters. The Labute approximate surface area is 126 Å². The highest BCUT2D eigenvalue weighted by atomic mass is 19.4. The zero-order chi connectivity index (χ0) is 15.5. The second kappa shape index (κ2) is 4.87. The molecule has 1 N–H and O–H groups in total. The fraction of sp³-hybridized carbons (Fsp3) is 1.00. The van der Waals surface area contributed by atoms with Crippen LogP contribution in [0.25, 0.3) is 0 Å². The Hall–Kier alpha value is -0.250. The summed E-state index contributed by atoms with van der Waals surface area (Å²) in [6.07, 6.45) is 2.17. The first kappa shape index (κ1) is 15.6. The summed E-state index contributed by atoms with van der Waals surface area (Å²) in [5.41, 5.74) is 0.322.